The van der Waals surface area contributed by atoms with Crippen molar-refractivity contribution in [3.63, 3.8) is 0 Å². The first-order chi connectivity index (χ1) is 10.8. The largest absolute Gasteiger partial charge is 0.490 e. The van der Waals surface area contributed by atoms with Crippen molar-refractivity contribution in [2.24, 2.45) is 0 Å². The van der Waals surface area contributed by atoms with Crippen LogP contribution < -0.4 is 4.74 Å². The Balaban J connectivity index is 1.47. The summed E-state index contributed by atoms with van der Waals surface area (Å²) >= 11 is 0. The Morgan fingerprint density at radius 2 is 1.73 bits per heavy atom. The molecule has 0 aliphatic heterocycles. The van der Waals surface area contributed by atoms with Crippen LogP contribution in [0.4, 0.5) is 0 Å². The van der Waals surface area contributed by atoms with E-state index in [1.165, 1.54) is 0 Å². The molecule has 0 aliphatic rings. The van der Waals surface area contributed by atoms with Gasteiger partial charge in [-0.15, -0.1) is 0 Å². The zero-order valence-electron chi connectivity index (χ0n) is 12.1. The molecule has 1 aromatic heterocycles. The number of nitrogens with one attached hydrogen (secondary N) is 1. The van der Waals surface area contributed by atoms with E-state index in [1.54, 1.807) is 0 Å². The quantitative estimate of drug-likeness (QED) is 0.560. The van der Waals surface area contributed by atoms with Crippen LogP contribution in [0.15, 0.2) is 60.8 Å². The van der Waals surface area contributed by atoms with E-state index in [2.05, 4.69) is 4.98 Å². The first-order valence-corrected chi connectivity index (χ1v) is 7.21. The van der Waals surface area contributed by atoms with E-state index < -0.39 is 0 Å². The average Bonchev–Trinajstić information content (AvgIpc) is 2.96. The van der Waals surface area contributed by atoms with Crippen LogP contribution in [0.3, 0.4) is 0 Å². The van der Waals surface area contributed by atoms with E-state index in [0.29, 0.717) is 6.61 Å². The highest BCUT2D eigenvalue weighted by atomic mass is 16.6. The highest BCUT2D eigenvalue weighted by Gasteiger charge is 2.09. The number of hydrogen-bond donors (Lipinski definition) is 1. The van der Waals surface area contributed by atoms with Crippen LogP contribution in [0.1, 0.15) is 5.56 Å². The van der Waals surface area contributed by atoms with Crippen LogP contribution in [-0.2, 0) is 16.0 Å². The van der Waals surface area contributed by atoms with Gasteiger partial charge in [-0.2, -0.15) is 0 Å². The first kappa shape index (κ1) is 14.2. The van der Waals surface area contributed by atoms with Gasteiger partial charge in [-0.3, -0.25) is 4.79 Å². The molecule has 0 saturated carbocycles. The monoisotopic (exact) mass is 295 g/mol. The average molecular weight is 295 g/mol. The number of H-pyrrole nitrogens is 1. The summed E-state index contributed by atoms with van der Waals surface area (Å²) in [6, 6.07) is 17.4. The SMILES string of the molecule is O=C(Cc1c[nH]c2ccccc12)OCCOc1ccccc1. The first-order valence-electron chi connectivity index (χ1n) is 7.21. The summed E-state index contributed by atoms with van der Waals surface area (Å²) in [5, 5.41) is 1.06. The van der Waals surface area contributed by atoms with E-state index in [-0.39, 0.29) is 19.0 Å². The van der Waals surface area contributed by atoms with E-state index in [1.807, 2.05) is 60.8 Å². The maximum atomic E-state index is 11.9. The Morgan fingerprint density at radius 3 is 2.59 bits per heavy atom. The molecule has 0 bridgehead atoms. The molecule has 3 aromatic rings. The molecule has 0 fully saturated rings. The van der Waals surface area contributed by atoms with Crippen LogP contribution in [0.2, 0.25) is 0 Å². The molecule has 0 atom stereocenters. The third-order valence-electron chi connectivity index (χ3n) is 3.37. The van der Waals surface area contributed by atoms with Crippen molar-refractivity contribution in [1.82, 2.24) is 4.98 Å². The Kier molecular flexibility index (Phi) is 4.39. The summed E-state index contributed by atoms with van der Waals surface area (Å²) in [5.74, 6) is 0.525. The molecule has 1 N–H and O–H groups in total. The van der Waals surface area contributed by atoms with E-state index >= 15 is 0 Å². The third-order valence-corrected chi connectivity index (χ3v) is 3.37. The number of hydrogen-bond acceptors (Lipinski definition) is 3. The fourth-order valence-corrected chi connectivity index (χ4v) is 2.32. The van der Waals surface area contributed by atoms with Gasteiger partial charge in [0.1, 0.15) is 19.0 Å². The molecular weight excluding hydrogens is 278 g/mol. The molecular formula is C18H17NO3. The van der Waals surface area contributed by atoms with Crippen molar-refractivity contribution < 1.29 is 14.3 Å². The third kappa shape index (κ3) is 3.47. The number of ether oxygens (including phenoxy) is 2. The van der Waals surface area contributed by atoms with Crippen LogP contribution >= 0.6 is 0 Å². The van der Waals surface area contributed by atoms with Gasteiger partial charge < -0.3 is 14.5 Å². The minimum absolute atomic E-state index is 0.246. The number of aromatic amines is 1. The van der Waals surface area contributed by atoms with Gasteiger partial charge in [-0.25, -0.2) is 0 Å². The molecule has 112 valence electrons. The van der Waals surface area contributed by atoms with E-state index in [4.69, 9.17) is 9.47 Å². The van der Waals surface area contributed by atoms with Crippen LogP contribution in [0.25, 0.3) is 10.9 Å². The molecule has 4 heteroatoms. The smallest absolute Gasteiger partial charge is 0.310 e. The second-order valence-corrected chi connectivity index (χ2v) is 4.92. The zero-order valence-corrected chi connectivity index (χ0v) is 12.1. The molecule has 0 saturated heterocycles. The molecule has 2 aromatic carbocycles. The number of esters is 1. The minimum atomic E-state index is -0.249. The number of rotatable bonds is 6. The second-order valence-electron chi connectivity index (χ2n) is 4.92. The number of benzene rings is 2. The fraction of sp³-hybridized carbons (Fsp3) is 0.167. The molecule has 0 unspecified atom stereocenters. The van der Waals surface area contributed by atoms with Gasteiger partial charge in [-0.1, -0.05) is 36.4 Å². The lowest BCUT2D eigenvalue weighted by Crippen LogP contribution is -2.13. The fourth-order valence-electron chi connectivity index (χ4n) is 2.32. The van der Waals surface area contributed by atoms with Crippen LogP contribution in [0, 0.1) is 0 Å². The predicted octanol–water partition coefficient (Wildman–Crippen LogP) is 3.33. The number of carbonyl (C=O) groups is 1. The topological polar surface area (TPSA) is 51.3 Å². The summed E-state index contributed by atoms with van der Waals surface area (Å²) in [4.78, 5) is 15.0. The van der Waals surface area contributed by atoms with Crippen molar-refractivity contribution >= 4 is 16.9 Å². The molecule has 0 amide bonds. The number of carbonyl (C=O) groups excluding carboxylic acids is 1. The molecule has 0 radical (unpaired) electrons. The highest BCUT2D eigenvalue weighted by molar-refractivity contribution is 5.87. The van der Waals surface area contributed by atoms with Crippen LogP contribution in [-0.4, -0.2) is 24.2 Å². The van der Waals surface area contributed by atoms with Crippen molar-refractivity contribution in [1.29, 1.82) is 0 Å². The Bertz CT molecular complexity index is 749. The normalized spacial score (nSPS) is 10.5. The lowest BCUT2D eigenvalue weighted by atomic mass is 10.1. The Labute approximate surface area is 128 Å². The lowest BCUT2D eigenvalue weighted by Gasteiger charge is -2.07. The second kappa shape index (κ2) is 6.80. The summed E-state index contributed by atoms with van der Waals surface area (Å²) in [6.45, 7) is 0.597. The number of para-hydroxylation sites is 2. The molecule has 4 nitrogen and oxygen atoms in total. The van der Waals surface area contributed by atoms with Crippen molar-refractivity contribution in [3.8, 4) is 5.75 Å². The lowest BCUT2D eigenvalue weighted by molar-refractivity contribution is -0.143. The minimum Gasteiger partial charge on any atom is -0.490 e. The molecule has 3 rings (SSSR count). The number of fused-ring (bicyclic) bond motifs is 1. The van der Waals surface area contributed by atoms with Crippen molar-refractivity contribution in [3.05, 3.63) is 66.4 Å². The van der Waals surface area contributed by atoms with E-state index in [9.17, 15) is 4.79 Å². The summed E-state index contributed by atoms with van der Waals surface area (Å²) in [7, 11) is 0. The van der Waals surface area contributed by atoms with Gasteiger partial charge in [0.2, 0.25) is 0 Å². The summed E-state index contributed by atoms with van der Waals surface area (Å²) in [6.07, 6.45) is 2.11. The van der Waals surface area contributed by atoms with Gasteiger partial charge in [0, 0.05) is 17.1 Å². The highest BCUT2D eigenvalue weighted by Crippen LogP contribution is 2.18. The predicted molar refractivity (Wildman–Crippen MR) is 84.9 cm³/mol. The van der Waals surface area contributed by atoms with Gasteiger partial charge in [0.05, 0.1) is 6.42 Å². The van der Waals surface area contributed by atoms with E-state index in [0.717, 1.165) is 22.2 Å². The number of aromatic nitrogens is 1. The molecule has 0 aliphatic carbocycles. The maximum Gasteiger partial charge on any atom is 0.310 e. The zero-order chi connectivity index (χ0) is 15.2. The van der Waals surface area contributed by atoms with Gasteiger partial charge >= 0.3 is 5.97 Å². The van der Waals surface area contributed by atoms with Gasteiger partial charge in [0.15, 0.2) is 0 Å². The van der Waals surface area contributed by atoms with Gasteiger partial charge in [0.25, 0.3) is 0 Å². The van der Waals surface area contributed by atoms with Crippen molar-refractivity contribution in [2.45, 2.75) is 6.42 Å². The standard InChI is InChI=1S/C18H17NO3/c20-18(22-11-10-21-15-6-2-1-3-7-15)12-14-13-19-17-9-5-4-8-16(14)17/h1-9,13,19H,10-12H2. The summed E-state index contributed by atoms with van der Waals surface area (Å²) in [5.41, 5.74) is 1.97. The Morgan fingerprint density at radius 1 is 0.955 bits per heavy atom. The van der Waals surface area contributed by atoms with Crippen molar-refractivity contribution in [2.75, 3.05) is 13.2 Å². The summed E-state index contributed by atoms with van der Waals surface area (Å²) < 4.78 is 10.7. The van der Waals surface area contributed by atoms with Gasteiger partial charge in [-0.05, 0) is 23.8 Å². The van der Waals surface area contributed by atoms with Crippen LogP contribution in [0.5, 0.6) is 5.75 Å². The maximum absolute atomic E-state index is 11.9. The molecule has 22 heavy (non-hydrogen) atoms. The Hall–Kier alpha value is -2.75. The molecule has 1 heterocycles. The molecule has 0 spiro atoms.